The summed E-state index contributed by atoms with van der Waals surface area (Å²) in [6.45, 7) is 1.44. The molecule has 0 amide bonds. The summed E-state index contributed by atoms with van der Waals surface area (Å²) < 4.78 is 31.9. The molecule has 1 unspecified atom stereocenters. The number of aliphatic hydroxyl groups is 1. The van der Waals surface area contributed by atoms with Crippen molar-refractivity contribution in [2.45, 2.75) is 13.0 Å². The second kappa shape index (κ2) is 4.47. The van der Waals surface area contributed by atoms with Gasteiger partial charge in [0, 0.05) is 5.56 Å². The summed E-state index contributed by atoms with van der Waals surface area (Å²) in [6, 6.07) is 5.53. The molecule has 1 heterocycles. The van der Waals surface area contributed by atoms with Gasteiger partial charge in [-0.25, -0.2) is 8.78 Å². The third kappa shape index (κ3) is 2.18. The molecule has 1 N–H and O–H groups in total. The molecule has 1 aromatic carbocycles. The van der Waals surface area contributed by atoms with Crippen molar-refractivity contribution in [1.82, 2.24) is 0 Å². The predicted octanol–water partition coefficient (Wildman–Crippen LogP) is 3.60. The van der Waals surface area contributed by atoms with Crippen LogP contribution >= 0.6 is 11.6 Å². The number of rotatable bonds is 2. The van der Waals surface area contributed by atoms with E-state index in [1.165, 1.54) is 31.2 Å². The first-order chi connectivity index (χ1) is 8.00. The normalized spacial score (nSPS) is 12.8. The van der Waals surface area contributed by atoms with Crippen LogP contribution in [0.4, 0.5) is 8.78 Å². The first-order valence-electron chi connectivity index (χ1n) is 4.88. The Kier molecular flexibility index (Phi) is 3.17. The van der Waals surface area contributed by atoms with Crippen molar-refractivity contribution in [3.63, 3.8) is 0 Å². The minimum absolute atomic E-state index is 0.0668. The van der Waals surface area contributed by atoms with Crippen molar-refractivity contribution in [2.24, 2.45) is 0 Å². The van der Waals surface area contributed by atoms with Crippen LogP contribution in [0.15, 0.2) is 28.7 Å². The van der Waals surface area contributed by atoms with E-state index in [2.05, 4.69) is 0 Å². The molecule has 0 saturated heterocycles. The van der Waals surface area contributed by atoms with Gasteiger partial charge in [-0.2, -0.15) is 0 Å². The van der Waals surface area contributed by atoms with Gasteiger partial charge in [0.25, 0.3) is 0 Å². The summed E-state index contributed by atoms with van der Waals surface area (Å²) in [5.74, 6) is -1.98. The van der Waals surface area contributed by atoms with Gasteiger partial charge in [-0.05, 0) is 36.2 Å². The zero-order valence-electron chi connectivity index (χ0n) is 8.88. The molecule has 2 aromatic rings. The van der Waals surface area contributed by atoms with Gasteiger partial charge in [-0.1, -0.05) is 12.1 Å². The highest BCUT2D eigenvalue weighted by Crippen LogP contribution is 2.29. The van der Waals surface area contributed by atoms with Gasteiger partial charge >= 0.3 is 0 Å². The molecule has 5 heteroatoms. The molecule has 90 valence electrons. The summed E-state index contributed by atoms with van der Waals surface area (Å²) in [5, 5.41) is 9.92. The molecule has 2 nitrogen and oxygen atoms in total. The number of hydrogen-bond acceptors (Lipinski definition) is 2. The van der Waals surface area contributed by atoms with Crippen molar-refractivity contribution in [1.29, 1.82) is 0 Å². The first-order valence-corrected chi connectivity index (χ1v) is 5.26. The quantitative estimate of drug-likeness (QED) is 0.893. The number of hydrogen-bond donors (Lipinski definition) is 1. The molecule has 0 aliphatic heterocycles. The van der Waals surface area contributed by atoms with Crippen molar-refractivity contribution >= 4 is 11.6 Å². The standard InChI is InChI=1S/C12H9ClF2O2/c1-6-2-3-7(11(15)10(6)14)12(16)8-4-5-9(13)17-8/h2-5,12,16H,1H3. The molecule has 17 heavy (non-hydrogen) atoms. The minimum atomic E-state index is -1.38. The summed E-state index contributed by atoms with van der Waals surface area (Å²) >= 11 is 5.54. The van der Waals surface area contributed by atoms with Gasteiger partial charge < -0.3 is 9.52 Å². The Morgan fingerprint density at radius 3 is 2.47 bits per heavy atom. The van der Waals surface area contributed by atoms with Gasteiger partial charge in [0.15, 0.2) is 16.9 Å². The lowest BCUT2D eigenvalue weighted by Gasteiger charge is -2.10. The Hall–Kier alpha value is -1.39. The monoisotopic (exact) mass is 258 g/mol. The topological polar surface area (TPSA) is 33.4 Å². The Morgan fingerprint density at radius 1 is 1.18 bits per heavy atom. The molecule has 0 saturated carbocycles. The Bertz CT molecular complexity index is 551. The van der Waals surface area contributed by atoms with Crippen LogP contribution in [0, 0.1) is 18.6 Å². The van der Waals surface area contributed by atoms with E-state index in [0.29, 0.717) is 0 Å². The predicted molar refractivity (Wildman–Crippen MR) is 58.9 cm³/mol. The third-order valence-electron chi connectivity index (χ3n) is 2.46. The number of benzene rings is 1. The summed E-state index contributed by atoms with van der Waals surface area (Å²) in [5.41, 5.74) is -0.00459. The van der Waals surface area contributed by atoms with Crippen molar-refractivity contribution in [3.05, 3.63) is 58.0 Å². The molecule has 0 radical (unpaired) electrons. The molecule has 0 aliphatic carbocycles. The molecular formula is C12H9ClF2O2. The van der Waals surface area contributed by atoms with Gasteiger partial charge in [-0.15, -0.1) is 0 Å². The summed E-state index contributed by atoms with van der Waals surface area (Å²) in [7, 11) is 0. The summed E-state index contributed by atoms with van der Waals surface area (Å²) in [4.78, 5) is 0. The maximum absolute atomic E-state index is 13.6. The molecule has 0 bridgehead atoms. The van der Waals surface area contributed by atoms with Crippen LogP contribution < -0.4 is 0 Å². The fourth-order valence-corrected chi connectivity index (χ4v) is 1.65. The van der Waals surface area contributed by atoms with Crippen molar-refractivity contribution in [3.8, 4) is 0 Å². The van der Waals surface area contributed by atoms with Gasteiger partial charge in [-0.3, -0.25) is 0 Å². The van der Waals surface area contributed by atoms with E-state index in [-0.39, 0.29) is 22.1 Å². The van der Waals surface area contributed by atoms with E-state index >= 15 is 0 Å². The number of furan rings is 1. The Labute approximate surface area is 101 Å². The fraction of sp³-hybridized carbons (Fsp3) is 0.167. The van der Waals surface area contributed by atoms with Crippen molar-refractivity contribution < 1.29 is 18.3 Å². The van der Waals surface area contributed by atoms with Crippen LogP contribution in [0.5, 0.6) is 0 Å². The first kappa shape index (κ1) is 12.1. The molecule has 1 atom stereocenters. The highest BCUT2D eigenvalue weighted by Gasteiger charge is 2.21. The highest BCUT2D eigenvalue weighted by molar-refractivity contribution is 6.28. The molecule has 0 fully saturated rings. The van der Waals surface area contributed by atoms with Crippen molar-refractivity contribution in [2.75, 3.05) is 0 Å². The SMILES string of the molecule is Cc1ccc(C(O)c2ccc(Cl)o2)c(F)c1F. The van der Waals surface area contributed by atoms with Crippen LogP contribution in [0.25, 0.3) is 0 Å². The maximum Gasteiger partial charge on any atom is 0.193 e. The van der Waals surface area contributed by atoms with Gasteiger partial charge in [0.1, 0.15) is 11.9 Å². The van der Waals surface area contributed by atoms with E-state index in [1.54, 1.807) is 0 Å². The lowest BCUT2D eigenvalue weighted by atomic mass is 10.0. The molecular weight excluding hydrogens is 250 g/mol. The van der Waals surface area contributed by atoms with E-state index in [4.69, 9.17) is 16.0 Å². The number of aryl methyl sites for hydroxylation is 1. The van der Waals surface area contributed by atoms with E-state index in [9.17, 15) is 13.9 Å². The maximum atomic E-state index is 13.6. The average molecular weight is 259 g/mol. The molecule has 0 spiro atoms. The van der Waals surface area contributed by atoms with E-state index in [0.717, 1.165) is 0 Å². The highest BCUT2D eigenvalue weighted by atomic mass is 35.5. The van der Waals surface area contributed by atoms with Gasteiger partial charge in [0.05, 0.1) is 0 Å². The lowest BCUT2D eigenvalue weighted by molar-refractivity contribution is 0.183. The third-order valence-corrected chi connectivity index (χ3v) is 2.67. The fourth-order valence-electron chi connectivity index (χ4n) is 1.50. The van der Waals surface area contributed by atoms with Crippen LogP contribution in [0.1, 0.15) is 23.0 Å². The number of aliphatic hydroxyl groups excluding tert-OH is 1. The minimum Gasteiger partial charge on any atom is -0.447 e. The largest absolute Gasteiger partial charge is 0.447 e. The van der Waals surface area contributed by atoms with Crippen LogP contribution in [0.2, 0.25) is 5.22 Å². The lowest BCUT2D eigenvalue weighted by Crippen LogP contribution is -2.04. The second-order valence-corrected chi connectivity index (χ2v) is 4.02. The number of halogens is 3. The van der Waals surface area contributed by atoms with Crippen LogP contribution in [-0.2, 0) is 0 Å². The van der Waals surface area contributed by atoms with Gasteiger partial charge in [0.2, 0.25) is 0 Å². The summed E-state index contributed by atoms with van der Waals surface area (Å²) in [6.07, 6.45) is -1.38. The average Bonchev–Trinajstić information content (AvgIpc) is 2.72. The molecule has 0 aliphatic rings. The van der Waals surface area contributed by atoms with E-state index < -0.39 is 17.7 Å². The zero-order chi connectivity index (χ0) is 12.6. The molecule has 2 rings (SSSR count). The van der Waals surface area contributed by atoms with Crippen LogP contribution in [0.3, 0.4) is 0 Å². The Morgan fingerprint density at radius 2 is 1.88 bits per heavy atom. The molecule has 1 aromatic heterocycles. The smallest absolute Gasteiger partial charge is 0.193 e. The van der Waals surface area contributed by atoms with E-state index in [1.807, 2.05) is 0 Å². The second-order valence-electron chi connectivity index (χ2n) is 3.64. The zero-order valence-corrected chi connectivity index (χ0v) is 9.63. The van der Waals surface area contributed by atoms with Crippen LogP contribution in [-0.4, -0.2) is 5.11 Å². The Balaban J connectivity index is 2.44.